The molecule has 0 saturated heterocycles. The van der Waals surface area contributed by atoms with E-state index in [1.165, 1.54) is 25.5 Å². The number of esters is 1. The Bertz CT molecular complexity index is 630. The number of ether oxygens (including phenoxy) is 1. The Balaban J connectivity index is 1.75. The summed E-state index contributed by atoms with van der Waals surface area (Å²) in [6.07, 6.45) is 4.59. The van der Waals surface area contributed by atoms with Crippen LogP contribution in [-0.2, 0) is 14.8 Å². The van der Waals surface area contributed by atoms with Crippen LogP contribution in [0.2, 0.25) is 0 Å². The van der Waals surface area contributed by atoms with Crippen LogP contribution in [0.3, 0.4) is 0 Å². The molecule has 3 rings (SSSR count). The molecule has 0 amide bonds. The SMILES string of the molecule is COC(=O)c1ncsc1S(=O)(=O)NCC1(C2CC2)CC1. The number of hydrogen-bond acceptors (Lipinski definition) is 6. The number of thiazole rings is 1. The molecule has 1 heterocycles. The highest BCUT2D eigenvalue weighted by Gasteiger charge is 2.53. The van der Waals surface area contributed by atoms with Gasteiger partial charge in [0, 0.05) is 6.54 Å². The minimum atomic E-state index is -3.70. The number of aromatic nitrogens is 1. The van der Waals surface area contributed by atoms with Crippen LogP contribution in [0.25, 0.3) is 0 Å². The number of carbonyl (C=O) groups excluding carboxylic acids is 1. The first-order valence-electron chi connectivity index (χ1n) is 6.50. The minimum absolute atomic E-state index is 0.0593. The van der Waals surface area contributed by atoms with Crippen molar-refractivity contribution in [2.24, 2.45) is 11.3 Å². The third-order valence-corrected chi connectivity index (χ3v) is 6.88. The van der Waals surface area contributed by atoms with E-state index in [0.29, 0.717) is 12.5 Å². The zero-order valence-electron chi connectivity index (χ0n) is 11.1. The first-order valence-corrected chi connectivity index (χ1v) is 8.86. The molecule has 2 aliphatic rings. The molecule has 20 heavy (non-hydrogen) atoms. The maximum Gasteiger partial charge on any atom is 0.358 e. The lowest BCUT2D eigenvalue weighted by molar-refractivity contribution is 0.0590. The monoisotopic (exact) mass is 316 g/mol. The molecule has 2 saturated carbocycles. The molecular formula is C12H16N2O4S2. The van der Waals surface area contributed by atoms with Gasteiger partial charge in [-0.15, -0.1) is 11.3 Å². The van der Waals surface area contributed by atoms with Gasteiger partial charge in [0.1, 0.15) is 0 Å². The molecule has 1 N–H and O–H groups in total. The topological polar surface area (TPSA) is 85.4 Å². The Labute approximate surface area is 121 Å². The lowest BCUT2D eigenvalue weighted by Crippen LogP contribution is -2.31. The molecule has 0 radical (unpaired) electrons. The Morgan fingerprint density at radius 1 is 1.55 bits per heavy atom. The van der Waals surface area contributed by atoms with Gasteiger partial charge in [0.25, 0.3) is 10.0 Å². The van der Waals surface area contributed by atoms with Gasteiger partial charge < -0.3 is 4.74 Å². The molecule has 0 unspecified atom stereocenters. The number of nitrogens with one attached hydrogen (secondary N) is 1. The Morgan fingerprint density at radius 2 is 2.25 bits per heavy atom. The van der Waals surface area contributed by atoms with Crippen LogP contribution in [0, 0.1) is 11.3 Å². The Morgan fingerprint density at radius 3 is 2.80 bits per heavy atom. The van der Waals surface area contributed by atoms with Crippen molar-refractivity contribution in [2.45, 2.75) is 29.9 Å². The van der Waals surface area contributed by atoms with E-state index in [1.54, 1.807) is 0 Å². The number of hydrogen-bond donors (Lipinski definition) is 1. The van der Waals surface area contributed by atoms with Crippen LogP contribution in [-0.4, -0.2) is 33.0 Å². The van der Waals surface area contributed by atoms with Crippen LogP contribution in [0.5, 0.6) is 0 Å². The third kappa shape index (κ3) is 2.47. The van der Waals surface area contributed by atoms with Gasteiger partial charge in [-0.2, -0.15) is 0 Å². The zero-order chi connectivity index (χ0) is 14.4. The lowest BCUT2D eigenvalue weighted by atomic mass is 10.0. The summed E-state index contributed by atoms with van der Waals surface area (Å²) in [5, 5.41) is 0. The van der Waals surface area contributed by atoms with Gasteiger partial charge in [0.2, 0.25) is 0 Å². The second kappa shape index (κ2) is 4.78. The standard InChI is InChI=1S/C12H16N2O4S2/c1-18-10(15)9-11(19-7-13-9)20(16,17)14-6-12(4-5-12)8-2-3-8/h7-8,14H,2-6H2,1H3. The normalized spacial score (nSPS) is 20.6. The molecule has 1 aromatic rings. The third-order valence-electron chi connectivity index (χ3n) is 4.11. The van der Waals surface area contributed by atoms with E-state index in [9.17, 15) is 13.2 Å². The molecule has 0 bridgehead atoms. The minimum Gasteiger partial charge on any atom is -0.464 e. The van der Waals surface area contributed by atoms with Gasteiger partial charge in [0.05, 0.1) is 12.6 Å². The molecule has 2 aliphatic carbocycles. The van der Waals surface area contributed by atoms with E-state index in [4.69, 9.17) is 0 Å². The highest BCUT2D eigenvalue weighted by Crippen LogP contribution is 2.60. The van der Waals surface area contributed by atoms with E-state index >= 15 is 0 Å². The quantitative estimate of drug-likeness (QED) is 0.802. The average Bonchev–Trinajstić information content (AvgIpc) is 3.33. The number of sulfonamides is 1. The summed E-state index contributed by atoms with van der Waals surface area (Å²) in [7, 11) is -2.49. The molecule has 8 heteroatoms. The Kier molecular flexibility index (Phi) is 3.34. The van der Waals surface area contributed by atoms with E-state index in [2.05, 4.69) is 14.4 Å². The molecule has 110 valence electrons. The summed E-state index contributed by atoms with van der Waals surface area (Å²) in [6, 6.07) is 0. The number of methoxy groups -OCH3 is 1. The molecule has 2 fully saturated rings. The zero-order valence-corrected chi connectivity index (χ0v) is 12.7. The largest absolute Gasteiger partial charge is 0.464 e. The average molecular weight is 316 g/mol. The van der Waals surface area contributed by atoms with E-state index in [1.807, 2.05) is 0 Å². The summed E-state index contributed by atoms with van der Waals surface area (Å²) in [4.78, 5) is 15.3. The second-order valence-corrected chi connectivity index (χ2v) is 8.26. The fraction of sp³-hybridized carbons (Fsp3) is 0.667. The summed E-state index contributed by atoms with van der Waals surface area (Å²) in [6.45, 7) is 0.457. The van der Waals surface area contributed by atoms with Gasteiger partial charge >= 0.3 is 5.97 Å². The van der Waals surface area contributed by atoms with E-state index in [-0.39, 0.29) is 15.3 Å². The molecule has 1 aromatic heterocycles. The fourth-order valence-corrected chi connectivity index (χ4v) is 4.86. The van der Waals surface area contributed by atoms with Crippen molar-refractivity contribution in [3.8, 4) is 0 Å². The summed E-state index contributed by atoms with van der Waals surface area (Å²) in [5.74, 6) is -0.0540. The van der Waals surface area contributed by atoms with Crippen molar-refractivity contribution in [2.75, 3.05) is 13.7 Å². The summed E-state index contributed by atoms with van der Waals surface area (Å²) < 4.78 is 31.7. The van der Waals surface area contributed by atoms with E-state index < -0.39 is 16.0 Å². The van der Waals surface area contributed by atoms with Crippen LogP contribution < -0.4 is 4.72 Å². The van der Waals surface area contributed by atoms with Crippen molar-refractivity contribution < 1.29 is 17.9 Å². The molecular weight excluding hydrogens is 300 g/mol. The van der Waals surface area contributed by atoms with Crippen molar-refractivity contribution in [3.63, 3.8) is 0 Å². The smallest absolute Gasteiger partial charge is 0.358 e. The van der Waals surface area contributed by atoms with Gasteiger partial charge in [-0.1, -0.05) is 0 Å². The van der Waals surface area contributed by atoms with Gasteiger partial charge in [-0.3, -0.25) is 0 Å². The van der Waals surface area contributed by atoms with Gasteiger partial charge in [0.15, 0.2) is 9.90 Å². The van der Waals surface area contributed by atoms with Crippen LogP contribution in [0.1, 0.15) is 36.2 Å². The van der Waals surface area contributed by atoms with Crippen molar-refractivity contribution in [3.05, 3.63) is 11.2 Å². The van der Waals surface area contributed by atoms with Crippen molar-refractivity contribution >= 4 is 27.3 Å². The van der Waals surface area contributed by atoms with Crippen molar-refractivity contribution in [1.29, 1.82) is 0 Å². The number of rotatable bonds is 6. The first-order chi connectivity index (χ1) is 9.48. The van der Waals surface area contributed by atoms with Gasteiger partial charge in [-0.25, -0.2) is 22.9 Å². The molecule has 0 atom stereocenters. The highest BCUT2D eigenvalue weighted by atomic mass is 32.2. The molecule has 0 aromatic carbocycles. The van der Waals surface area contributed by atoms with Gasteiger partial charge in [-0.05, 0) is 37.0 Å². The fourth-order valence-electron chi connectivity index (χ4n) is 2.55. The predicted molar refractivity (Wildman–Crippen MR) is 73.0 cm³/mol. The lowest BCUT2D eigenvalue weighted by Gasteiger charge is -2.14. The molecule has 6 nitrogen and oxygen atoms in total. The second-order valence-electron chi connectivity index (χ2n) is 5.44. The van der Waals surface area contributed by atoms with Crippen LogP contribution in [0.4, 0.5) is 0 Å². The predicted octanol–water partition coefficient (Wildman–Crippen LogP) is 1.40. The maximum atomic E-state index is 12.3. The summed E-state index contributed by atoms with van der Waals surface area (Å²) in [5.41, 5.74) is 1.37. The summed E-state index contributed by atoms with van der Waals surface area (Å²) >= 11 is 0.933. The molecule has 0 aliphatic heterocycles. The van der Waals surface area contributed by atoms with Crippen LogP contribution in [0.15, 0.2) is 9.72 Å². The van der Waals surface area contributed by atoms with Crippen LogP contribution >= 0.6 is 11.3 Å². The molecule has 0 spiro atoms. The number of carbonyl (C=O) groups is 1. The Hall–Kier alpha value is -0.990. The van der Waals surface area contributed by atoms with E-state index in [0.717, 1.165) is 24.2 Å². The van der Waals surface area contributed by atoms with Crippen molar-refractivity contribution in [1.82, 2.24) is 9.71 Å². The highest BCUT2D eigenvalue weighted by molar-refractivity contribution is 7.91. The number of nitrogens with zero attached hydrogens (tertiary/aromatic N) is 1. The first kappa shape index (κ1) is 14.0. The maximum absolute atomic E-state index is 12.3.